The van der Waals surface area contributed by atoms with Gasteiger partial charge in [0.15, 0.2) is 0 Å². The second kappa shape index (κ2) is 15.0. The number of thioether (sulfide) groups is 1. The van der Waals surface area contributed by atoms with Gasteiger partial charge in [0, 0.05) is 5.56 Å². The molecule has 0 fully saturated rings. The van der Waals surface area contributed by atoms with Gasteiger partial charge in [0.2, 0.25) is 0 Å². The number of hydrogen-bond acceptors (Lipinski definition) is 4. The van der Waals surface area contributed by atoms with Crippen LogP contribution >= 0.6 is 11.8 Å². The molecular weight excluding hydrogens is 477 g/mol. The second-order valence-corrected chi connectivity index (χ2v) is 10.2. The molecule has 5 nitrogen and oxygen atoms in total. The van der Waals surface area contributed by atoms with Gasteiger partial charge in [-0.05, 0) is 76.8 Å². The molecule has 3 aromatic carbocycles. The van der Waals surface area contributed by atoms with Crippen molar-refractivity contribution in [3.05, 3.63) is 94.5 Å². The van der Waals surface area contributed by atoms with Gasteiger partial charge in [0.05, 0.1) is 13.2 Å². The monoisotopic (exact) mass is 513 g/mol. The van der Waals surface area contributed by atoms with E-state index in [1.165, 1.54) is 5.56 Å². The smallest absolute Gasteiger partial charge is 1.00 e. The molecule has 2 N–H and O–H groups in total. The summed E-state index contributed by atoms with van der Waals surface area (Å²) in [7, 11) is 0. The van der Waals surface area contributed by atoms with E-state index < -0.39 is 12.0 Å². The Kier molecular flexibility index (Phi) is 12.5. The molecule has 192 valence electrons. The van der Waals surface area contributed by atoms with Gasteiger partial charge in [-0.15, -0.1) is 0 Å². The first-order valence-electron chi connectivity index (χ1n) is 12.2. The first kappa shape index (κ1) is 30.7. The number of benzene rings is 3. The maximum Gasteiger partial charge on any atom is 1.00 e. The largest absolute Gasteiger partial charge is 1.00 e. The Balaban J connectivity index is 0.00000361. The van der Waals surface area contributed by atoms with Gasteiger partial charge >= 0.3 is 24.8 Å². The summed E-state index contributed by atoms with van der Waals surface area (Å²) in [6, 6.07) is 21.0. The summed E-state index contributed by atoms with van der Waals surface area (Å²) in [6.45, 7) is 7.25. The summed E-state index contributed by atoms with van der Waals surface area (Å²) in [4.78, 5) is 24.9. The fourth-order valence-corrected chi connectivity index (χ4v) is 4.51. The van der Waals surface area contributed by atoms with E-state index in [9.17, 15) is 14.7 Å². The summed E-state index contributed by atoms with van der Waals surface area (Å²) in [5.41, 5.74) is 6.54. The van der Waals surface area contributed by atoms with Gasteiger partial charge in [0.1, 0.15) is 6.04 Å². The third-order valence-corrected chi connectivity index (χ3v) is 6.78. The third kappa shape index (κ3) is 8.79. The number of carboxylic acid groups (broad SMARTS) is 1. The number of rotatable bonds is 12. The number of hydrogen-bond donors (Lipinski definition) is 2. The van der Waals surface area contributed by atoms with Gasteiger partial charge in [-0.3, -0.25) is 4.79 Å². The molecule has 3 rings (SSSR count). The fourth-order valence-electron chi connectivity index (χ4n) is 4.03. The Morgan fingerprint density at radius 3 is 2.32 bits per heavy atom. The van der Waals surface area contributed by atoms with Crippen molar-refractivity contribution < 1.29 is 39.7 Å². The number of carboxylic acids is 1. The van der Waals surface area contributed by atoms with Crippen LogP contribution in [0.25, 0.3) is 11.1 Å². The molecule has 1 atom stereocenters. The van der Waals surface area contributed by atoms with Gasteiger partial charge in [-0.2, -0.15) is 11.8 Å². The van der Waals surface area contributed by atoms with Gasteiger partial charge in [-0.25, -0.2) is 4.79 Å². The molecule has 0 aliphatic heterocycles. The maximum absolute atomic E-state index is 13.2. The van der Waals surface area contributed by atoms with Crippen LogP contribution in [0.15, 0.2) is 66.7 Å². The molecule has 1 amide bonds. The minimum atomic E-state index is -1.03. The molecule has 0 spiro atoms. The first-order chi connectivity index (χ1) is 17.3. The molecule has 7 heteroatoms. The SMILES string of the molecule is CSCCC(NC(=O)c1ccc(COCc2cccc(C(C)C)c2)cc1-c1ccccc1C)C(=O)O.[H-].[Li+]. The fraction of sp³-hybridized carbons (Fsp3) is 0.333. The normalized spacial score (nSPS) is 11.6. The molecule has 0 aliphatic carbocycles. The number of ether oxygens (including phenoxy) is 1. The zero-order chi connectivity index (χ0) is 26.1. The molecule has 0 aliphatic rings. The molecule has 0 heterocycles. The predicted molar refractivity (Wildman–Crippen MR) is 149 cm³/mol. The average molecular weight is 514 g/mol. The van der Waals surface area contributed by atoms with Crippen molar-refractivity contribution in [1.29, 1.82) is 0 Å². The number of carbonyl (C=O) groups is 2. The second-order valence-electron chi connectivity index (χ2n) is 9.23. The van der Waals surface area contributed by atoms with E-state index in [0.29, 0.717) is 36.9 Å². The van der Waals surface area contributed by atoms with E-state index in [2.05, 4.69) is 43.4 Å². The molecule has 0 bridgehead atoms. The van der Waals surface area contributed by atoms with Crippen LogP contribution in [0.5, 0.6) is 0 Å². The number of nitrogens with one attached hydrogen (secondary N) is 1. The number of aryl methyl sites for hydroxylation is 1. The molecule has 0 saturated carbocycles. The van der Waals surface area contributed by atoms with Crippen molar-refractivity contribution in [3.8, 4) is 11.1 Å². The molecular formula is C30H36LiNO4S. The summed E-state index contributed by atoms with van der Waals surface area (Å²) in [5.74, 6) is -0.305. The topological polar surface area (TPSA) is 75.6 Å². The molecule has 1 unspecified atom stereocenters. The van der Waals surface area contributed by atoms with E-state index >= 15 is 0 Å². The van der Waals surface area contributed by atoms with Crippen LogP contribution in [0.1, 0.15) is 60.2 Å². The Morgan fingerprint density at radius 1 is 0.973 bits per heavy atom. The maximum atomic E-state index is 13.2. The van der Waals surface area contributed by atoms with Crippen molar-refractivity contribution >= 4 is 23.6 Å². The van der Waals surface area contributed by atoms with E-state index in [1.54, 1.807) is 17.8 Å². The van der Waals surface area contributed by atoms with Gasteiger partial charge < -0.3 is 16.6 Å². The Morgan fingerprint density at radius 2 is 1.68 bits per heavy atom. The Bertz CT molecular complexity index is 1200. The quantitative estimate of drug-likeness (QED) is 0.363. The Hall–Kier alpha value is -2.49. The van der Waals surface area contributed by atoms with Crippen molar-refractivity contribution in [3.63, 3.8) is 0 Å². The zero-order valence-electron chi connectivity index (χ0n) is 23.4. The average Bonchev–Trinajstić information content (AvgIpc) is 2.86. The Labute approximate surface area is 238 Å². The minimum Gasteiger partial charge on any atom is -1.00 e. The molecule has 0 aromatic heterocycles. The van der Waals surface area contributed by atoms with E-state index in [-0.39, 0.29) is 26.2 Å². The summed E-state index contributed by atoms with van der Waals surface area (Å²) in [5, 5.41) is 12.3. The van der Waals surface area contributed by atoms with Crippen LogP contribution in [0.4, 0.5) is 0 Å². The van der Waals surface area contributed by atoms with Crippen LogP contribution in [-0.4, -0.2) is 35.0 Å². The first-order valence-corrected chi connectivity index (χ1v) is 13.6. The predicted octanol–water partition coefficient (Wildman–Crippen LogP) is 3.55. The standard InChI is InChI=1S/C30H35NO4S.Li.H/c1-20(2)24-10-7-9-22(16-24)18-35-19-23-12-13-26(27(17-23)25-11-6-5-8-21(25)3)29(32)31-28(30(33)34)14-15-36-4;;/h5-13,16-17,20,28H,14-15,18-19H2,1-4H3,(H,31,32)(H,33,34);;/q;+1;-1. The van der Waals surface area contributed by atoms with Crippen LogP contribution in [0, 0.1) is 6.92 Å². The summed E-state index contributed by atoms with van der Waals surface area (Å²) >= 11 is 1.55. The van der Waals surface area contributed by atoms with Crippen molar-refractivity contribution in [1.82, 2.24) is 5.32 Å². The van der Waals surface area contributed by atoms with Crippen LogP contribution in [-0.2, 0) is 22.7 Å². The van der Waals surface area contributed by atoms with E-state index in [0.717, 1.165) is 27.8 Å². The number of carbonyl (C=O) groups excluding carboxylic acids is 1. The molecule has 3 aromatic rings. The summed E-state index contributed by atoms with van der Waals surface area (Å²) < 4.78 is 6.02. The van der Waals surface area contributed by atoms with Crippen LogP contribution in [0.2, 0.25) is 0 Å². The van der Waals surface area contributed by atoms with Crippen LogP contribution in [0.3, 0.4) is 0 Å². The number of amides is 1. The molecule has 0 saturated heterocycles. The van der Waals surface area contributed by atoms with Crippen molar-refractivity contribution in [2.45, 2.75) is 52.4 Å². The molecule has 0 radical (unpaired) electrons. The zero-order valence-corrected chi connectivity index (χ0v) is 23.2. The minimum absolute atomic E-state index is 0. The van der Waals surface area contributed by atoms with Crippen molar-refractivity contribution in [2.75, 3.05) is 12.0 Å². The van der Waals surface area contributed by atoms with E-state index in [4.69, 9.17) is 4.74 Å². The van der Waals surface area contributed by atoms with Crippen LogP contribution < -0.4 is 24.2 Å². The van der Waals surface area contributed by atoms with E-state index in [1.807, 2.05) is 49.6 Å². The van der Waals surface area contributed by atoms with Crippen molar-refractivity contribution in [2.24, 2.45) is 0 Å². The third-order valence-electron chi connectivity index (χ3n) is 6.13. The number of aliphatic carboxylic acids is 1. The van der Waals surface area contributed by atoms with Gasteiger partial charge in [-0.1, -0.05) is 68.4 Å². The molecule has 37 heavy (non-hydrogen) atoms. The summed E-state index contributed by atoms with van der Waals surface area (Å²) in [6.07, 6.45) is 2.28. The van der Waals surface area contributed by atoms with Gasteiger partial charge in [0.25, 0.3) is 5.91 Å².